The Bertz CT molecular complexity index is 135. The lowest BCUT2D eigenvalue weighted by atomic mass is 10.5. The number of likely N-dealkylation sites (N-methyl/N-ethyl adjacent to an activating group) is 1. The number of nitrogens with two attached hydrogens (primary N) is 1. The molecule has 0 aromatic heterocycles. The second kappa shape index (κ2) is 13.4. The molecule has 0 aromatic carbocycles. The van der Waals surface area contributed by atoms with Gasteiger partial charge in [0.25, 0.3) is 0 Å². The molecule has 0 unspecified atom stereocenters. The Labute approximate surface area is 104 Å². The maximum absolute atomic E-state index is 5.27. The van der Waals surface area contributed by atoms with E-state index in [0.29, 0.717) is 18.2 Å². The molecule has 0 aromatic rings. The van der Waals surface area contributed by atoms with E-state index in [1.165, 1.54) is 0 Å². The van der Waals surface area contributed by atoms with Gasteiger partial charge in [-0.15, -0.1) is 24.8 Å². The molecule has 0 spiro atoms. The van der Waals surface area contributed by atoms with E-state index in [-0.39, 0.29) is 24.8 Å². The largest absolute Gasteiger partial charge is 0.484 e. The zero-order valence-electron chi connectivity index (χ0n) is 8.69. The maximum Gasteiger partial charge on any atom is 0.173 e. The van der Waals surface area contributed by atoms with Gasteiger partial charge in [-0.2, -0.15) is 0 Å². The fourth-order valence-electron chi connectivity index (χ4n) is 0.848. The van der Waals surface area contributed by atoms with Crippen LogP contribution in [0.4, 0.5) is 0 Å². The number of rotatable bonds is 6. The summed E-state index contributed by atoms with van der Waals surface area (Å²) in [7, 11) is 0. The first-order chi connectivity index (χ1) is 5.74. The standard InChI is InChI=1S/C8H18N2OS.2ClH/c1-3-10(4-2)7-8(12)11-6-5-9;;/h3-7,9H2,1-2H3;2*1H. The predicted octanol–water partition coefficient (Wildman–Crippen LogP) is 1.47. The van der Waals surface area contributed by atoms with Crippen molar-refractivity contribution in [2.24, 2.45) is 5.73 Å². The van der Waals surface area contributed by atoms with E-state index < -0.39 is 0 Å². The van der Waals surface area contributed by atoms with E-state index in [1.54, 1.807) is 0 Å². The lowest BCUT2D eigenvalue weighted by molar-refractivity contribution is 0.277. The lowest BCUT2D eigenvalue weighted by Crippen LogP contribution is -2.30. The number of ether oxygens (including phenoxy) is 1. The molecule has 0 radical (unpaired) electrons. The van der Waals surface area contributed by atoms with E-state index >= 15 is 0 Å². The smallest absolute Gasteiger partial charge is 0.173 e. The Morgan fingerprint density at radius 3 is 2.14 bits per heavy atom. The minimum absolute atomic E-state index is 0. The van der Waals surface area contributed by atoms with Gasteiger partial charge in [0.1, 0.15) is 6.61 Å². The highest BCUT2D eigenvalue weighted by Gasteiger charge is 2.03. The summed E-state index contributed by atoms with van der Waals surface area (Å²) in [4.78, 5) is 2.21. The van der Waals surface area contributed by atoms with Gasteiger partial charge in [-0.05, 0) is 25.3 Å². The first-order valence-electron chi connectivity index (χ1n) is 4.32. The Balaban J connectivity index is -0.000000605. The van der Waals surface area contributed by atoms with Crippen molar-refractivity contribution in [2.45, 2.75) is 13.8 Å². The molecule has 3 nitrogen and oxygen atoms in total. The van der Waals surface area contributed by atoms with E-state index in [4.69, 9.17) is 22.7 Å². The summed E-state index contributed by atoms with van der Waals surface area (Å²) in [6.45, 7) is 8.01. The summed E-state index contributed by atoms with van der Waals surface area (Å²) in [6, 6.07) is 0. The van der Waals surface area contributed by atoms with Crippen molar-refractivity contribution in [3.05, 3.63) is 0 Å². The third-order valence-corrected chi connectivity index (χ3v) is 1.87. The van der Waals surface area contributed by atoms with E-state index in [2.05, 4.69) is 18.7 Å². The molecule has 0 aliphatic carbocycles. The van der Waals surface area contributed by atoms with Crippen molar-refractivity contribution in [1.82, 2.24) is 4.90 Å². The van der Waals surface area contributed by atoms with E-state index in [0.717, 1.165) is 19.6 Å². The first-order valence-corrected chi connectivity index (χ1v) is 4.73. The molecule has 0 heterocycles. The van der Waals surface area contributed by atoms with Crippen molar-refractivity contribution in [3.63, 3.8) is 0 Å². The third-order valence-electron chi connectivity index (χ3n) is 1.63. The van der Waals surface area contributed by atoms with Crippen LogP contribution in [0.25, 0.3) is 0 Å². The molecule has 0 saturated heterocycles. The van der Waals surface area contributed by atoms with Crippen molar-refractivity contribution >= 4 is 42.1 Å². The Morgan fingerprint density at radius 2 is 1.79 bits per heavy atom. The van der Waals surface area contributed by atoms with Crippen LogP contribution in [0.1, 0.15) is 13.8 Å². The molecule has 6 heteroatoms. The van der Waals surface area contributed by atoms with E-state index in [9.17, 15) is 0 Å². The van der Waals surface area contributed by atoms with Gasteiger partial charge < -0.3 is 10.5 Å². The van der Waals surface area contributed by atoms with Crippen molar-refractivity contribution in [3.8, 4) is 0 Å². The minimum atomic E-state index is 0. The van der Waals surface area contributed by atoms with Crippen LogP contribution in [0.3, 0.4) is 0 Å². The van der Waals surface area contributed by atoms with Gasteiger partial charge in [-0.25, -0.2) is 0 Å². The lowest BCUT2D eigenvalue weighted by Gasteiger charge is -2.18. The Kier molecular flexibility index (Phi) is 19.0. The van der Waals surface area contributed by atoms with Gasteiger partial charge in [0.15, 0.2) is 5.05 Å². The summed E-state index contributed by atoms with van der Waals surface area (Å²) >= 11 is 5.01. The summed E-state index contributed by atoms with van der Waals surface area (Å²) in [6.07, 6.45) is 0. The number of thiocarbonyl (C=S) groups is 1. The number of nitrogens with zero attached hydrogens (tertiary/aromatic N) is 1. The molecule has 0 fully saturated rings. The van der Waals surface area contributed by atoms with Crippen LogP contribution < -0.4 is 5.73 Å². The van der Waals surface area contributed by atoms with Crippen LogP contribution in [0, 0.1) is 0 Å². The highest BCUT2D eigenvalue weighted by atomic mass is 35.5. The van der Waals surface area contributed by atoms with Crippen LogP contribution in [0.2, 0.25) is 0 Å². The molecule has 0 atom stereocenters. The van der Waals surface area contributed by atoms with Crippen LogP contribution >= 0.6 is 37.0 Å². The maximum atomic E-state index is 5.27. The Morgan fingerprint density at radius 1 is 1.29 bits per heavy atom. The van der Waals surface area contributed by atoms with Gasteiger partial charge in [-0.1, -0.05) is 13.8 Å². The second-order valence-corrected chi connectivity index (χ2v) is 2.93. The first kappa shape index (κ1) is 19.9. The fraction of sp³-hybridized carbons (Fsp3) is 0.875. The van der Waals surface area contributed by atoms with Gasteiger partial charge in [0, 0.05) is 6.54 Å². The van der Waals surface area contributed by atoms with E-state index in [1.807, 2.05) is 0 Å². The predicted molar refractivity (Wildman–Crippen MR) is 69.9 cm³/mol. The summed E-state index contributed by atoms with van der Waals surface area (Å²) in [5.41, 5.74) is 5.27. The molecule has 2 N–H and O–H groups in total. The molecule has 0 aliphatic rings. The molecule has 0 saturated carbocycles. The van der Waals surface area contributed by atoms with Crippen LogP contribution in [-0.2, 0) is 4.74 Å². The molecule has 0 aliphatic heterocycles. The average Bonchev–Trinajstić information content (AvgIpc) is 2.10. The topological polar surface area (TPSA) is 38.5 Å². The quantitative estimate of drug-likeness (QED) is 0.737. The Hall–Kier alpha value is 0.390. The van der Waals surface area contributed by atoms with Crippen molar-refractivity contribution < 1.29 is 4.74 Å². The van der Waals surface area contributed by atoms with Gasteiger partial charge in [-0.3, -0.25) is 4.90 Å². The number of hydrogen-bond donors (Lipinski definition) is 1. The number of halogens is 2. The summed E-state index contributed by atoms with van der Waals surface area (Å²) in [5.74, 6) is 0. The molecule has 0 amide bonds. The van der Waals surface area contributed by atoms with Crippen LogP contribution in [0.15, 0.2) is 0 Å². The van der Waals surface area contributed by atoms with Gasteiger partial charge in [0.2, 0.25) is 0 Å². The minimum Gasteiger partial charge on any atom is -0.484 e. The highest BCUT2D eigenvalue weighted by molar-refractivity contribution is 7.80. The fourth-order valence-corrected chi connectivity index (χ4v) is 1.11. The van der Waals surface area contributed by atoms with Gasteiger partial charge >= 0.3 is 0 Å². The molecule has 88 valence electrons. The average molecular weight is 263 g/mol. The molecular formula is C8H20Cl2N2OS. The second-order valence-electron chi connectivity index (χ2n) is 2.47. The van der Waals surface area contributed by atoms with Gasteiger partial charge in [0.05, 0.1) is 6.54 Å². The van der Waals surface area contributed by atoms with Crippen LogP contribution in [0.5, 0.6) is 0 Å². The SMILES string of the molecule is CCN(CC)CC(=S)OCCN.Cl.Cl. The summed E-state index contributed by atoms with van der Waals surface area (Å²) < 4.78 is 5.19. The molecule has 0 rings (SSSR count). The highest BCUT2D eigenvalue weighted by Crippen LogP contribution is 1.90. The zero-order valence-corrected chi connectivity index (χ0v) is 11.1. The molecule has 14 heavy (non-hydrogen) atoms. The normalized spacial score (nSPS) is 8.86. The summed E-state index contributed by atoms with van der Waals surface area (Å²) in [5, 5.41) is 0.643. The number of hydrogen-bond acceptors (Lipinski definition) is 4. The monoisotopic (exact) mass is 262 g/mol. The third kappa shape index (κ3) is 10.5. The van der Waals surface area contributed by atoms with Crippen LogP contribution in [-0.4, -0.2) is 42.7 Å². The molecule has 0 bridgehead atoms. The van der Waals surface area contributed by atoms with Crippen molar-refractivity contribution in [2.75, 3.05) is 32.8 Å². The van der Waals surface area contributed by atoms with Crippen molar-refractivity contribution in [1.29, 1.82) is 0 Å². The zero-order chi connectivity index (χ0) is 9.40. The molecular weight excluding hydrogens is 243 g/mol.